The van der Waals surface area contributed by atoms with Gasteiger partial charge in [0.25, 0.3) is 0 Å². The lowest BCUT2D eigenvalue weighted by Gasteiger charge is -2.13. The van der Waals surface area contributed by atoms with Crippen LogP contribution in [0.3, 0.4) is 0 Å². The number of carboxylic acids is 1. The van der Waals surface area contributed by atoms with E-state index in [2.05, 4.69) is 9.47 Å². The predicted octanol–water partition coefficient (Wildman–Crippen LogP) is 6.83. The van der Waals surface area contributed by atoms with Gasteiger partial charge in [0, 0.05) is 11.6 Å². The van der Waals surface area contributed by atoms with Crippen molar-refractivity contribution < 1.29 is 50.5 Å². The second-order valence-corrected chi connectivity index (χ2v) is 6.98. The molecule has 0 unspecified atom stereocenters. The number of halogens is 6. The third-order valence-corrected chi connectivity index (χ3v) is 4.39. The van der Waals surface area contributed by atoms with Crippen molar-refractivity contribution in [3.8, 4) is 28.4 Å². The first-order valence-electron chi connectivity index (χ1n) is 9.77. The van der Waals surface area contributed by atoms with E-state index in [-0.39, 0.29) is 23.9 Å². The Morgan fingerprint density at radius 2 is 1.29 bits per heavy atom. The third-order valence-electron chi connectivity index (χ3n) is 4.39. The summed E-state index contributed by atoms with van der Waals surface area (Å²) in [6.45, 7) is -0.0387. The zero-order valence-electron chi connectivity index (χ0n) is 17.6. The van der Waals surface area contributed by atoms with Crippen LogP contribution in [0.15, 0.2) is 72.8 Å². The number of ether oxygens (including phenoxy) is 3. The van der Waals surface area contributed by atoms with Crippen molar-refractivity contribution in [2.75, 3.05) is 0 Å². The molecule has 0 heterocycles. The zero-order chi connectivity index (χ0) is 25.6. The van der Waals surface area contributed by atoms with Crippen molar-refractivity contribution in [1.29, 1.82) is 0 Å². The van der Waals surface area contributed by atoms with Crippen molar-refractivity contribution >= 4 is 12.0 Å². The highest BCUT2D eigenvalue weighted by Gasteiger charge is 2.31. The van der Waals surface area contributed by atoms with E-state index < -0.39 is 18.7 Å². The molecule has 1 N–H and O–H groups in total. The van der Waals surface area contributed by atoms with E-state index >= 15 is 0 Å². The first kappa shape index (κ1) is 25.5. The number of rotatable bonds is 8. The summed E-state index contributed by atoms with van der Waals surface area (Å²) in [5.74, 6) is -1.71. The minimum absolute atomic E-state index is 0.0387. The van der Waals surface area contributed by atoms with Gasteiger partial charge >= 0.3 is 18.7 Å². The maximum Gasteiger partial charge on any atom is 0.573 e. The van der Waals surface area contributed by atoms with Crippen LogP contribution in [0.1, 0.15) is 11.1 Å². The summed E-state index contributed by atoms with van der Waals surface area (Å²) in [6, 6.07) is 14.9. The topological polar surface area (TPSA) is 65.0 Å². The van der Waals surface area contributed by atoms with Crippen LogP contribution in [0.4, 0.5) is 26.3 Å². The van der Waals surface area contributed by atoms with Crippen molar-refractivity contribution in [3.05, 3.63) is 83.9 Å². The molecule has 5 nitrogen and oxygen atoms in total. The number of carbonyl (C=O) groups is 1. The lowest BCUT2D eigenvalue weighted by molar-refractivity contribution is -0.275. The Morgan fingerprint density at radius 1 is 0.771 bits per heavy atom. The van der Waals surface area contributed by atoms with E-state index in [0.717, 1.165) is 30.3 Å². The van der Waals surface area contributed by atoms with Gasteiger partial charge in [-0.25, -0.2) is 4.79 Å². The smallest absolute Gasteiger partial charge is 0.488 e. The summed E-state index contributed by atoms with van der Waals surface area (Å²) in [5.41, 5.74) is 1.99. The summed E-state index contributed by atoms with van der Waals surface area (Å²) < 4.78 is 87.2. The van der Waals surface area contributed by atoms with Gasteiger partial charge in [0.15, 0.2) is 0 Å². The van der Waals surface area contributed by atoms with Crippen LogP contribution in [-0.4, -0.2) is 23.8 Å². The van der Waals surface area contributed by atoms with Gasteiger partial charge in [0.2, 0.25) is 0 Å². The minimum atomic E-state index is -4.82. The molecule has 0 saturated carbocycles. The second kappa shape index (κ2) is 10.4. The van der Waals surface area contributed by atoms with Crippen LogP contribution in [0.25, 0.3) is 17.2 Å². The fourth-order valence-electron chi connectivity index (χ4n) is 2.95. The van der Waals surface area contributed by atoms with Gasteiger partial charge in [-0.3, -0.25) is 0 Å². The highest BCUT2D eigenvalue weighted by molar-refractivity contribution is 5.86. The largest absolute Gasteiger partial charge is 0.573 e. The van der Waals surface area contributed by atoms with Gasteiger partial charge in [0.05, 0.1) is 0 Å². The number of hydrogen-bond donors (Lipinski definition) is 1. The first-order chi connectivity index (χ1) is 16.4. The Labute approximate surface area is 194 Å². The highest BCUT2D eigenvalue weighted by atomic mass is 19.4. The highest BCUT2D eigenvalue weighted by Crippen LogP contribution is 2.31. The van der Waals surface area contributed by atoms with Crippen molar-refractivity contribution in [2.45, 2.75) is 19.3 Å². The summed E-state index contributed by atoms with van der Waals surface area (Å²) in [4.78, 5) is 11.0. The molecule has 0 aliphatic heterocycles. The molecule has 184 valence electrons. The van der Waals surface area contributed by atoms with Crippen LogP contribution in [0, 0.1) is 0 Å². The number of aliphatic carboxylic acids is 1. The van der Waals surface area contributed by atoms with Crippen molar-refractivity contribution in [3.63, 3.8) is 0 Å². The van der Waals surface area contributed by atoms with E-state index in [0.29, 0.717) is 22.3 Å². The van der Waals surface area contributed by atoms with Gasteiger partial charge in [-0.15, -0.1) is 26.3 Å². The third kappa shape index (κ3) is 8.29. The molecule has 0 saturated heterocycles. The molecule has 35 heavy (non-hydrogen) atoms. The van der Waals surface area contributed by atoms with Crippen molar-refractivity contribution in [2.24, 2.45) is 0 Å². The van der Waals surface area contributed by atoms with Gasteiger partial charge in [-0.1, -0.05) is 30.3 Å². The average molecular weight is 498 g/mol. The molecule has 0 aliphatic rings. The van der Waals surface area contributed by atoms with E-state index in [9.17, 15) is 31.1 Å². The lowest BCUT2D eigenvalue weighted by atomic mass is 10.0. The summed E-state index contributed by atoms with van der Waals surface area (Å²) in [6.07, 6.45) is -7.46. The van der Waals surface area contributed by atoms with Crippen LogP contribution in [-0.2, 0) is 11.4 Å². The second-order valence-electron chi connectivity index (χ2n) is 6.98. The molecule has 3 aromatic rings. The molecule has 0 bridgehead atoms. The van der Waals surface area contributed by atoms with Crippen molar-refractivity contribution in [1.82, 2.24) is 0 Å². The Bertz CT molecular complexity index is 1180. The van der Waals surface area contributed by atoms with Gasteiger partial charge < -0.3 is 19.3 Å². The molecule has 0 radical (unpaired) electrons. The zero-order valence-corrected chi connectivity index (χ0v) is 17.6. The molecule has 0 aromatic heterocycles. The van der Waals surface area contributed by atoms with Crippen LogP contribution >= 0.6 is 0 Å². The molecule has 3 aromatic carbocycles. The van der Waals surface area contributed by atoms with Crippen LogP contribution < -0.4 is 14.2 Å². The Hall–Kier alpha value is -4.15. The molecule has 0 fully saturated rings. The molecule has 0 amide bonds. The first-order valence-corrected chi connectivity index (χ1v) is 9.77. The number of alkyl halides is 6. The summed E-state index contributed by atoms with van der Waals surface area (Å²) >= 11 is 0. The molecule has 0 atom stereocenters. The van der Waals surface area contributed by atoms with E-state index in [1.807, 2.05) is 0 Å². The predicted molar refractivity (Wildman–Crippen MR) is 113 cm³/mol. The standard InChI is InChI=1S/C24H16F6O5/c25-23(26,27)34-19-7-1-15(2-8-19)14-33-21-11-5-17(13-18(21)6-12-22(31)32)16-3-9-20(10-4-16)35-24(28,29)30/h1-13H,14H2,(H,31,32)/b12-6+. The Kier molecular flexibility index (Phi) is 7.58. The number of hydrogen-bond acceptors (Lipinski definition) is 4. The fraction of sp³-hybridized carbons (Fsp3) is 0.125. The quantitative estimate of drug-likeness (QED) is 0.273. The van der Waals surface area contributed by atoms with E-state index in [4.69, 9.17) is 9.84 Å². The minimum Gasteiger partial charge on any atom is -0.488 e. The average Bonchev–Trinajstić information content (AvgIpc) is 2.76. The SMILES string of the molecule is O=C(O)/C=C/c1cc(-c2ccc(OC(F)(F)F)cc2)ccc1OCc1ccc(OC(F)(F)F)cc1. The molecular formula is C24H16F6O5. The number of benzene rings is 3. The number of carboxylic acid groups (broad SMARTS) is 1. The van der Waals surface area contributed by atoms with Gasteiger partial charge in [-0.2, -0.15) is 0 Å². The normalized spacial score (nSPS) is 11.9. The monoisotopic (exact) mass is 498 g/mol. The van der Waals surface area contributed by atoms with Gasteiger partial charge in [0.1, 0.15) is 23.9 Å². The van der Waals surface area contributed by atoms with Crippen LogP contribution in [0.5, 0.6) is 17.2 Å². The molecule has 3 rings (SSSR count). The fourth-order valence-corrected chi connectivity index (χ4v) is 2.95. The molecule has 11 heteroatoms. The summed E-state index contributed by atoms with van der Waals surface area (Å²) in [5, 5.41) is 8.96. The molecule has 0 aliphatic carbocycles. The Balaban J connectivity index is 1.78. The van der Waals surface area contributed by atoms with Gasteiger partial charge in [-0.05, 0) is 59.2 Å². The lowest BCUT2D eigenvalue weighted by Crippen LogP contribution is -2.17. The molecular weight excluding hydrogens is 482 g/mol. The van der Waals surface area contributed by atoms with Crippen LogP contribution in [0.2, 0.25) is 0 Å². The van der Waals surface area contributed by atoms with E-state index in [1.165, 1.54) is 36.4 Å². The maximum absolute atomic E-state index is 12.3. The molecule has 0 spiro atoms. The van der Waals surface area contributed by atoms with E-state index in [1.54, 1.807) is 12.1 Å². The summed E-state index contributed by atoms with van der Waals surface area (Å²) in [7, 11) is 0. The Morgan fingerprint density at radius 3 is 1.80 bits per heavy atom. The maximum atomic E-state index is 12.3.